The Morgan fingerprint density at radius 1 is 1.00 bits per heavy atom. The molecular weight excluding hydrogens is 524 g/mol. The van der Waals surface area contributed by atoms with Gasteiger partial charge in [0.25, 0.3) is 5.91 Å². The molecular formula is C40H62N2O. The lowest BCUT2D eigenvalue weighted by molar-refractivity contribution is -0.0468. The Balaban J connectivity index is 1.28. The first kappa shape index (κ1) is 32.4. The second-order valence-electron chi connectivity index (χ2n) is 16.9. The van der Waals surface area contributed by atoms with Crippen LogP contribution in [0.5, 0.6) is 0 Å². The maximum absolute atomic E-state index is 13.1. The molecule has 3 heteroatoms. The largest absolute Gasteiger partial charge is 0.381 e. The van der Waals surface area contributed by atoms with E-state index in [1.54, 1.807) is 5.57 Å². The molecule has 0 spiro atoms. The molecule has 1 amide bonds. The lowest BCUT2D eigenvalue weighted by atomic mass is 9.47. The summed E-state index contributed by atoms with van der Waals surface area (Å²) < 4.78 is 0. The molecule has 1 aromatic rings. The molecule has 1 aromatic carbocycles. The fourth-order valence-corrected chi connectivity index (χ4v) is 10.4. The smallest absolute Gasteiger partial charge is 0.253 e. The van der Waals surface area contributed by atoms with Crippen LogP contribution < -0.4 is 10.6 Å². The van der Waals surface area contributed by atoms with Crippen molar-refractivity contribution in [3.8, 4) is 0 Å². The van der Waals surface area contributed by atoms with E-state index >= 15 is 0 Å². The molecule has 2 N–H and O–H groups in total. The zero-order valence-corrected chi connectivity index (χ0v) is 28.9. The van der Waals surface area contributed by atoms with E-state index in [9.17, 15) is 4.79 Å². The van der Waals surface area contributed by atoms with E-state index in [1.807, 2.05) is 39.0 Å². The summed E-state index contributed by atoms with van der Waals surface area (Å²) >= 11 is 0. The first-order valence-corrected chi connectivity index (χ1v) is 17.8. The summed E-state index contributed by atoms with van der Waals surface area (Å²) in [5, 5.41) is 6.97. The molecule has 0 heterocycles. The lowest BCUT2D eigenvalue weighted by Crippen LogP contribution is -2.51. The minimum atomic E-state index is -0.254. The number of rotatable bonds is 8. The number of hydrogen-bond acceptors (Lipinski definition) is 2. The molecule has 0 saturated heterocycles. The number of anilines is 1. The zero-order chi connectivity index (χ0) is 31.2. The Bertz CT molecular complexity index is 1210. The van der Waals surface area contributed by atoms with Gasteiger partial charge in [0.1, 0.15) is 0 Å². The standard InChI is InChI=1S/C40H62N2O/c1-10-28(26(2)3)16-15-27(4)33-19-20-34-31-18-17-29-25-30(21-23-39(29,8)35(31)22-24-40(33,34)9)41-36-14-12-11-13-32(36)37(43)42-38(5,6)7/h11-17,26-28,30-31,33-35,41H,10,18-25H2,1-9H3,(H,42,43)/t27-,28-,30+,31+,33-,34+,35+,39+,40-/m1/s1. The number of carbonyl (C=O) groups excluding carboxylic acids is 1. The molecule has 3 fully saturated rings. The zero-order valence-electron chi connectivity index (χ0n) is 28.9. The first-order chi connectivity index (χ1) is 20.3. The van der Waals surface area contributed by atoms with E-state index in [2.05, 4.69) is 76.5 Å². The molecule has 43 heavy (non-hydrogen) atoms. The van der Waals surface area contributed by atoms with Gasteiger partial charge in [-0.15, -0.1) is 0 Å². The molecule has 238 valence electrons. The van der Waals surface area contributed by atoms with Gasteiger partial charge < -0.3 is 10.6 Å². The van der Waals surface area contributed by atoms with E-state index in [0.29, 0.717) is 28.7 Å². The van der Waals surface area contributed by atoms with Crippen molar-refractivity contribution < 1.29 is 4.79 Å². The third kappa shape index (κ3) is 6.39. The maximum atomic E-state index is 13.1. The van der Waals surface area contributed by atoms with E-state index in [1.165, 1.54) is 51.4 Å². The normalized spacial score (nSPS) is 35.5. The average Bonchev–Trinajstić information content (AvgIpc) is 3.30. The quantitative estimate of drug-likeness (QED) is 0.298. The summed E-state index contributed by atoms with van der Waals surface area (Å²) in [6.45, 7) is 21.0. The predicted molar refractivity (Wildman–Crippen MR) is 183 cm³/mol. The van der Waals surface area contributed by atoms with Crippen LogP contribution in [-0.2, 0) is 0 Å². The van der Waals surface area contributed by atoms with Crippen LogP contribution in [0.2, 0.25) is 0 Å². The third-order valence-corrected chi connectivity index (χ3v) is 12.8. The SMILES string of the molecule is CC[C@H](C=C[C@@H](C)[C@H]1CC[C@H]2[C@@H]3CC=C4C[C@@H](Nc5ccccc5C(=O)NC(C)(C)C)CC[C@]4(C)[C@H]3CC[C@]12C)C(C)C. The van der Waals surface area contributed by atoms with Gasteiger partial charge in [0.15, 0.2) is 0 Å². The van der Waals surface area contributed by atoms with Crippen LogP contribution >= 0.6 is 0 Å². The molecule has 4 aliphatic carbocycles. The highest BCUT2D eigenvalue weighted by atomic mass is 16.1. The molecule has 3 saturated carbocycles. The summed E-state index contributed by atoms with van der Waals surface area (Å²) in [5.74, 6) is 5.50. The Labute approximate surface area is 264 Å². The van der Waals surface area contributed by atoms with E-state index in [-0.39, 0.29) is 11.4 Å². The molecule has 0 aliphatic heterocycles. The minimum absolute atomic E-state index is 0.00556. The van der Waals surface area contributed by atoms with Gasteiger partial charge in [-0.25, -0.2) is 0 Å². The van der Waals surface area contributed by atoms with Crippen LogP contribution in [0.3, 0.4) is 0 Å². The molecule has 0 aromatic heterocycles. The molecule has 9 atom stereocenters. The summed E-state index contributed by atoms with van der Waals surface area (Å²) in [6.07, 6.45) is 19.6. The Morgan fingerprint density at radius 3 is 2.44 bits per heavy atom. The average molecular weight is 587 g/mol. The van der Waals surface area contributed by atoms with Gasteiger partial charge in [0, 0.05) is 17.3 Å². The van der Waals surface area contributed by atoms with Gasteiger partial charge >= 0.3 is 0 Å². The number of allylic oxidation sites excluding steroid dienone is 3. The number of nitrogens with one attached hydrogen (secondary N) is 2. The van der Waals surface area contributed by atoms with Gasteiger partial charge in [-0.05, 0) is 143 Å². The molecule has 0 bridgehead atoms. The third-order valence-electron chi connectivity index (χ3n) is 12.8. The number of fused-ring (bicyclic) bond motifs is 5. The number of para-hydroxylation sites is 1. The van der Waals surface area contributed by atoms with Gasteiger partial charge in [-0.2, -0.15) is 0 Å². The number of hydrogen-bond donors (Lipinski definition) is 2. The van der Waals surface area contributed by atoms with E-state index < -0.39 is 0 Å². The van der Waals surface area contributed by atoms with Crippen LogP contribution in [-0.4, -0.2) is 17.5 Å². The molecule has 0 unspecified atom stereocenters. The minimum Gasteiger partial charge on any atom is -0.381 e. The monoisotopic (exact) mass is 586 g/mol. The number of amides is 1. The topological polar surface area (TPSA) is 41.1 Å². The number of carbonyl (C=O) groups is 1. The summed E-state index contributed by atoms with van der Waals surface area (Å²) in [4.78, 5) is 13.1. The van der Waals surface area contributed by atoms with Crippen molar-refractivity contribution >= 4 is 11.6 Å². The highest BCUT2D eigenvalue weighted by molar-refractivity contribution is 6.00. The van der Waals surface area contributed by atoms with Gasteiger partial charge in [-0.3, -0.25) is 4.79 Å². The van der Waals surface area contributed by atoms with Crippen LogP contribution in [0, 0.1) is 52.3 Å². The highest BCUT2D eigenvalue weighted by Gasteiger charge is 2.59. The van der Waals surface area contributed by atoms with Crippen molar-refractivity contribution in [1.29, 1.82) is 0 Å². The Morgan fingerprint density at radius 2 is 1.74 bits per heavy atom. The maximum Gasteiger partial charge on any atom is 0.253 e. The molecule has 3 nitrogen and oxygen atoms in total. The molecule has 4 aliphatic rings. The van der Waals surface area contributed by atoms with E-state index in [0.717, 1.165) is 47.3 Å². The van der Waals surface area contributed by atoms with Crippen molar-refractivity contribution in [3.05, 3.63) is 53.6 Å². The predicted octanol–water partition coefficient (Wildman–Crippen LogP) is 10.4. The van der Waals surface area contributed by atoms with Gasteiger partial charge in [0.05, 0.1) is 5.56 Å². The Hall–Kier alpha value is -2.03. The van der Waals surface area contributed by atoms with Crippen molar-refractivity contribution in [2.24, 2.45) is 52.3 Å². The molecule has 0 radical (unpaired) electrons. The highest BCUT2D eigenvalue weighted by Crippen LogP contribution is 2.67. The van der Waals surface area contributed by atoms with Crippen molar-refractivity contribution in [2.75, 3.05) is 5.32 Å². The fourth-order valence-electron chi connectivity index (χ4n) is 10.4. The van der Waals surface area contributed by atoms with Crippen LogP contribution in [0.1, 0.15) is 130 Å². The second kappa shape index (κ2) is 12.4. The van der Waals surface area contributed by atoms with Gasteiger partial charge in [-0.1, -0.05) is 77.5 Å². The summed E-state index contributed by atoms with van der Waals surface area (Å²) in [6, 6.07) is 8.44. The Kier molecular flexibility index (Phi) is 9.33. The van der Waals surface area contributed by atoms with Crippen molar-refractivity contribution in [3.63, 3.8) is 0 Å². The van der Waals surface area contributed by atoms with E-state index in [4.69, 9.17) is 0 Å². The second-order valence-corrected chi connectivity index (χ2v) is 16.9. The molecule has 5 rings (SSSR count). The van der Waals surface area contributed by atoms with Crippen LogP contribution in [0.4, 0.5) is 5.69 Å². The first-order valence-electron chi connectivity index (χ1n) is 17.8. The lowest BCUT2D eigenvalue weighted by Gasteiger charge is -2.58. The van der Waals surface area contributed by atoms with Crippen LogP contribution in [0.25, 0.3) is 0 Å². The van der Waals surface area contributed by atoms with Crippen molar-refractivity contribution in [1.82, 2.24) is 5.32 Å². The van der Waals surface area contributed by atoms with Crippen LogP contribution in [0.15, 0.2) is 48.1 Å². The van der Waals surface area contributed by atoms with Crippen molar-refractivity contribution in [2.45, 2.75) is 132 Å². The number of benzene rings is 1. The van der Waals surface area contributed by atoms with Gasteiger partial charge in [0.2, 0.25) is 0 Å². The fraction of sp³-hybridized carbons (Fsp3) is 0.725. The summed E-state index contributed by atoms with van der Waals surface area (Å²) in [5.41, 5.74) is 3.99. The summed E-state index contributed by atoms with van der Waals surface area (Å²) in [7, 11) is 0.